The molecule has 0 radical (unpaired) electrons. The van der Waals surface area contributed by atoms with E-state index < -0.39 is 18.9 Å². The Kier molecular flexibility index (Phi) is 9.30. The standard InChI is InChI=1S/C13H27O6P/c1-13(16,20(17,18)19)11-9-7-5-3-2-4-6-8-10-12(14)15/h16H,2-11H2,1H3,(H,14,15)(H2,17,18,19). The van der Waals surface area contributed by atoms with Crippen molar-refractivity contribution < 1.29 is 29.4 Å². The van der Waals surface area contributed by atoms with E-state index in [4.69, 9.17) is 14.9 Å². The summed E-state index contributed by atoms with van der Waals surface area (Å²) in [6, 6.07) is 0. The van der Waals surface area contributed by atoms with Gasteiger partial charge in [0, 0.05) is 6.42 Å². The van der Waals surface area contributed by atoms with Crippen molar-refractivity contribution >= 4 is 13.6 Å². The van der Waals surface area contributed by atoms with E-state index in [9.17, 15) is 14.5 Å². The van der Waals surface area contributed by atoms with Crippen molar-refractivity contribution in [2.75, 3.05) is 0 Å². The van der Waals surface area contributed by atoms with E-state index in [-0.39, 0.29) is 12.8 Å². The SMILES string of the molecule is CC(O)(CCCCCCCCCCC(=O)O)P(=O)(O)O. The quantitative estimate of drug-likeness (QED) is 0.325. The largest absolute Gasteiger partial charge is 0.481 e. The number of carbonyl (C=O) groups is 1. The van der Waals surface area contributed by atoms with Crippen LogP contribution in [0.3, 0.4) is 0 Å². The molecule has 0 aromatic heterocycles. The molecule has 0 aliphatic heterocycles. The summed E-state index contributed by atoms with van der Waals surface area (Å²) < 4.78 is 11.0. The zero-order chi connectivity index (χ0) is 15.6. The van der Waals surface area contributed by atoms with Gasteiger partial charge in [-0.15, -0.1) is 0 Å². The summed E-state index contributed by atoms with van der Waals surface area (Å²) in [7, 11) is -4.44. The van der Waals surface area contributed by atoms with Gasteiger partial charge in [0.2, 0.25) is 0 Å². The highest BCUT2D eigenvalue weighted by Gasteiger charge is 2.39. The lowest BCUT2D eigenvalue weighted by molar-refractivity contribution is -0.137. The van der Waals surface area contributed by atoms with Crippen LogP contribution in [0.4, 0.5) is 0 Å². The van der Waals surface area contributed by atoms with Crippen molar-refractivity contribution in [2.24, 2.45) is 0 Å². The fourth-order valence-electron chi connectivity index (χ4n) is 1.94. The van der Waals surface area contributed by atoms with Crippen LogP contribution >= 0.6 is 7.60 Å². The fraction of sp³-hybridized carbons (Fsp3) is 0.923. The van der Waals surface area contributed by atoms with E-state index in [2.05, 4.69) is 0 Å². The van der Waals surface area contributed by atoms with Gasteiger partial charge in [0.25, 0.3) is 0 Å². The third kappa shape index (κ3) is 9.48. The van der Waals surface area contributed by atoms with Gasteiger partial charge in [0.1, 0.15) is 0 Å². The molecule has 0 aromatic carbocycles. The van der Waals surface area contributed by atoms with E-state index in [1.165, 1.54) is 6.92 Å². The van der Waals surface area contributed by atoms with Crippen molar-refractivity contribution in [3.05, 3.63) is 0 Å². The Labute approximate surface area is 120 Å². The molecule has 7 heteroatoms. The molecule has 0 spiro atoms. The van der Waals surface area contributed by atoms with Crippen molar-refractivity contribution in [1.29, 1.82) is 0 Å². The summed E-state index contributed by atoms with van der Waals surface area (Å²) in [4.78, 5) is 28.1. The van der Waals surface area contributed by atoms with Gasteiger partial charge in [-0.3, -0.25) is 9.36 Å². The topological polar surface area (TPSA) is 115 Å². The van der Waals surface area contributed by atoms with E-state index in [1.54, 1.807) is 0 Å². The summed E-state index contributed by atoms with van der Waals surface area (Å²) in [6.07, 6.45) is 7.50. The Morgan fingerprint density at radius 2 is 1.35 bits per heavy atom. The van der Waals surface area contributed by atoms with Crippen molar-refractivity contribution in [2.45, 2.75) is 76.5 Å². The number of carboxylic acid groups (broad SMARTS) is 1. The van der Waals surface area contributed by atoms with Crippen LogP contribution in [0.25, 0.3) is 0 Å². The lowest BCUT2D eigenvalue weighted by atomic mass is 10.1. The van der Waals surface area contributed by atoms with Crippen molar-refractivity contribution in [3.63, 3.8) is 0 Å². The highest BCUT2D eigenvalue weighted by Crippen LogP contribution is 2.51. The molecular weight excluding hydrogens is 283 g/mol. The van der Waals surface area contributed by atoms with Gasteiger partial charge in [0.15, 0.2) is 5.34 Å². The number of aliphatic hydroxyl groups is 1. The van der Waals surface area contributed by atoms with E-state index in [0.717, 1.165) is 44.9 Å². The molecule has 120 valence electrons. The average Bonchev–Trinajstić information content (AvgIpc) is 2.29. The van der Waals surface area contributed by atoms with Crippen molar-refractivity contribution in [3.8, 4) is 0 Å². The minimum atomic E-state index is -4.44. The summed E-state index contributed by atoms with van der Waals surface area (Å²) in [5, 5.41) is 16.1. The maximum Gasteiger partial charge on any atom is 0.356 e. The predicted octanol–water partition coefficient (Wildman–Crippen LogP) is 2.86. The van der Waals surface area contributed by atoms with Crippen LogP contribution in [0.5, 0.6) is 0 Å². The first-order valence-corrected chi connectivity index (χ1v) is 8.78. The van der Waals surface area contributed by atoms with Gasteiger partial charge in [-0.1, -0.05) is 38.5 Å². The maximum atomic E-state index is 11.0. The molecule has 0 aliphatic carbocycles. The maximum absolute atomic E-state index is 11.0. The molecule has 0 saturated carbocycles. The molecule has 6 nitrogen and oxygen atoms in total. The van der Waals surface area contributed by atoms with Crippen LogP contribution < -0.4 is 0 Å². The van der Waals surface area contributed by atoms with Crippen LogP contribution in [0.1, 0.15) is 71.1 Å². The molecule has 20 heavy (non-hydrogen) atoms. The van der Waals surface area contributed by atoms with Crippen LogP contribution in [-0.2, 0) is 9.36 Å². The van der Waals surface area contributed by atoms with Crippen LogP contribution in [0.15, 0.2) is 0 Å². The lowest BCUT2D eigenvalue weighted by Gasteiger charge is -2.24. The van der Waals surface area contributed by atoms with Crippen LogP contribution in [0.2, 0.25) is 0 Å². The molecule has 4 N–H and O–H groups in total. The smallest absolute Gasteiger partial charge is 0.356 e. The molecule has 0 rings (SSSR count). The van der Waals surface area contributed by atoms with E-state index in [1.807, 2.05) is 0 Å². The molecule has 1 unspecified atom stereocenters. The molecule has 0 aromatic rings. The lowest BCUT2D eigenvalue weighted by Crippen LogP contribution is -2.23. The first kappa shape index (κ1) is 19.6. The molecule has 0 amide bonds. The first-order chi connectivity index (χ1) is 9.17. The number of aliphatic carboxylic acids is 1. The number of carboxylic acids is 1. The Hall–Kier alpha value is -0.420. The van der Waals surface area contributed by atoms with Gasteiger partial charge < -0.3 is 20.0 Å². The van der Waals surface area contributed by atoms with Crippen LogP contribution in [-0.4, -0.2) is 31.3 Å². The molecule has 0 heterocycles. The Balaban J connectivity index is 3.42. The Morgan fingerprint density at radius 1 is 0.950 bits per heavy atom. The van der Waals surface area contributed by atoms with E-state index in [0.29, 0.717) is 6.42 Å². The summed E-state index contributed by atoms with van der Waals surface area (Å²) in [5.41, 5.74) is 0. The first-order valence-electron chi connectivity index (χ1n) is 7.16. The summed E-state index contributed by atoms with van der Waals surface area (Å²) in [6.45, 7) is 1.18. The summed E-state index contributed by atoms with van der Waals surface area (Å²) in [5.74, 6) is -0.748. The van der Waals surface area contributed by atoms with E-state index >= 15 is 0 Å². The highest BCUT2D eigenvalue weighted by atomic mass is 31.2. The fourth-order valence-corrected chi connectivity index (χ4v) is 2.39. The van der Waals surface area contributed by atoms with Gasteiger partial charge in [-0.25, -0.2) is 0 Å². The zero-order valence-corrected chi connectivity index (χ0v) is 13.0. The van der Waals surface area contributed by atoms with Gasteiger partial charge in [-0.05, 0) is 26.2 Å². The Morgan fingerprint density at radius 3 is 1.75 bits per heavy atom. The zero-order valence-electron chi connectivity index (χ0n) is 12.1. The molecule has 0 saturated heterocycles. The highest BCUT2D eigenvalue weighted by molar-refractivity contribution is 7.53. The predicted molar refractivity (Wildman–Crippen MR) is 76.5 cm³/mol. The van der Waals surface area contributed by atoms with Crippen molar-refractivity contribution in [1.82, 2.24) is 0 Å². The average molecular weight is 310 g/mol. The molecule has 0 bridgehead atoms. The van der Waals surface area contributed by atoms with Crippen LogP contribution in [0, 0.1) is 0 Å². The third-order valence-electron chi connectivity index (χ3n) is 3.42. The third-order valence-corrected chi connectivity index (χ3v) is 4.90. The second kappa shape index (κ2) is 9.50. The van der Waals surface area contributed by atoms with Gasteiger partial charge >= 0.3 is 13.6 Å². The Bertz CT molecular complexity index is 323. The molecule has 1 atom stereocenters. The number of hydrogen-bond acceptors (Lipinski definition) is 3. The minimum absolute atomic E-state index is 0.107. The molecular formula is C13H27O6P. The number of unbranched alkanes of at least 4 members (excludes halogenated alkanes) is 7. The number of rotatable bonds is 12. The normalized spacial score (nSPS) is 15.0. The second-order valence-electron chi connectivity index (χ2n) is 5.48. The molecule has 0 aliphatic rings. The molecule has 0 fully saturated rings. The number of hydrogen-bond donors (Lipinski definition) is 4. The van der Waals surface area contributed by atoms with Gasteiger partial charge in [0.05, 0.1) is 0 Å². The monoisotopic (exact) mass is 310 g/mol. The minimum Gasteiger partial charge on any atom is -0.481 e. The second-order valence-corrected chi connectivity index (χ2v) is 7.53. The van der Waals surface area contributed by atoms with Gasteiger partial charge in [-0.2, -0.15) is 0 Å². The summed E-state index contributed by atoms with van der Waals surface area (Å²) >= 11 is 0.